The third-order valence-corrected chi connectivity index (χ3v) is 6.20. The minimum absolute atomic E-state index is 0.00661. The fourth-order valence-electron chi connectivity index (χ4n) is 3.80. The monoisotopic (exact) mass is 390 g/mol. The molecule has 0 atom stereocenters. The number of piperidine rings is 1. The van der Waals surface area contributed by atoms with Gasteiger partial charge in [-0.1, -0.05) is 11.2 Å². The molecular formula is C18H22N4O4S. The number of amides is 2. The predicted molar refractivity (Wildman–Crippen MR) is 99.2 cm³/mol. The Morgan fingerprint density at radius 1 is 1.15 bits per heavy atom. The standard InChI is InChI=1S/C18H22N4O4S/c23-15(12-22-16(19-26-18(22)25)14-4-3-11-27-14)20-9-5-13(6-10-20)17(24)21-7-1-2-8-21/h3-4,11,13H,1-2,5-10,12H2. The van der Waals surface area contributed by atoms with Crippen LogP contribution in [0, 0.1) is 5.92 Å². The van der Waals surface area contributed by atoms with Crippen molar-refractivity contribution in [1.29, 1.82) is 0 Å². The topological polar surface area (TPSA) is 88.6 Å². The van der Waals surface area contributed by atoms with Crippen LogP contribution in [0.1, 0.15) is 25.7 Å². The van der Waals surface area contributed by atoms with Crippen LogP contribution in [0.25, 0.3) is 10.7 Å². The maximum atomic E-state index is 12.7. The molecule has 0 aromatic carbocycles. The molecule has 4 rings (SSSR count). The maximum Gasteiger partial charge on any atom is 0.442 e. The molecule has 144 valence electrons. The summed E-state index contributed by atoms with van der Waals surface area (Å²) < 4.78 is 6.03. The molecule has 2 amide bonds. The molecule has 2 aromatic heterocycles. The van der Waals surface area contributed by atoms with Crippen LogP contribution >= 0.6 is 11.3 Å². The number of rotatable bonds is 4. The van der Waals surface area contributed by atoms with Gasteiger partial charge in [0.2, 0.25) is 11.8 Å². The van der Waals surface area contributed by atoms with E-state index >= 15 is 0 Å². The first kappa shape index (κ1) is 18.0. The third kappa shape index (κ3) is 3.69. The number of likely N-dealkylation sites (tertiary alicyclic amines) is 2. The molecule has 2 aromatic rings. The lowest BCUT2D eigenvalue weighted by atomic mass is 9.95. The minimum atomic E-state index is -0.633. The Hall–Kier alpha value is -2.42. The normalized spacial score (nSPS) is 18.2. The van der Waals surface area contributed by atoms with Crippen LogP contribution in [0.15, 0.2) is 26.8 Å². The lowest BCUT2D eigenvalue weighted by Crippen LogP contribution is -2.45. The molecule has 2 aliphatic rings. The second kappa shape index (κ2) is 7.67. The van der Waals surface area contributed by atoms with E-state index in [1.54, 1.807) is 4.90 Å². The van der Waals surface area contributed by atoms with Crippen molar-refractivity contribution in [3.05, 3.63) is 28.1 Å². The Morgan fingerprint density at radius 2 is 1.89 bits per heavy atom. The highest BCUT2D eigenvalue weighted by atomic mass is 32.1. The first-order chi connectivity index (χ1) is 13.1. The third-order valence-electron chi connectivity index (χ3n) is 5.34. The summed E-state index contributed by atoms with van der Waals surface area (Å²) in [5, 5.41) is 5.68. The number of aromatic nitrogens is 2. The quantitative estimate of drug-likeness (QED) is 0.788. The van der Waals surface area contributed by atoms with E-state index in [4.69, 9.17) is 4.52 Å². The van der Waals surface area contributed by atoms with Gasteiger partial charge in [0.25, 0.3) is 0 Å². The summed E-state index contributed by atoms with van der Waals surface area (Å²) in [7, 11) is 0. The molecule has 27 heavy (non-hydrogen) atoms. The van der Waals surface area contributed by atoms with Gasteiger partial charge in [-0.2, -0.15) is 0 Å². The summed E-state index contributed by atoms with van der Waals surface area (Å²) in [6.07, 6.45) is 3.53. The van der Waals surface area contributed by atoms with Gasteiger partial charge in [-0.3, -0.25) is 14.1 Å². The van der Waals surface area contributed by atoms with Gasteiger partial charge in [-0.25, -0.2) is 9.36 Å². The van der Waals surface area contributed by atoms with Crippen LogP contribution < -0.4 is 5.76 Å². The lowest BCUT2D eigenvalue weighted by molar-refractivity contribution is -0.140. The van der Waals surface area contributed by atoms with Crippen LogP contribution in [0.3, 0.4) is 0 Å². The van der Waals surface area contributed by atoms with Gasteiger partial charge in [0.15, 0.2) is 5.82 Å². The Kier molecular flexibility index (Phi) is 5.11. The Balaban J connectivity index is 1.37. The van der Waals surface area contributed by atoms with Crippen molar-refractivity contribution in [3.63, 3.8) is 0 Å². The van der Waals surface area contributed by atoms with E-state index in [0.717, 1.165) is 30.8 Å². The second-order valence-corrected chi connectivity index (χ2v) is 7.97. The molecule has 2 fully saturated rings. The molecule has 0 aliphatic carbocycles. The Morgan fingerprint density at radius 3 is 2.56 bits per heavy atom. The highest BCUT2D eigenvalue weighted by Crippen LogP contribution is 2.24. The number of nitrogens with zero attached hydrogens (tertiary/aromatic N) is 4. The summed E-state index contributed by atoms with van der Waals surface area (Å²) in [6, 6.07) is 3.69. The number of carbonyl (C=O) groups excluding carboxylic acids is 2. The van der Waals surface area contributed by atoms with Gasteiger partial charge >= 0.3 is 5.76 Å². The molecule has 9 heteroatoms. The summed E-state index contributed by atoms with van der Waals surface area (Å²) in [4.78, 5) is 41.6. The van der Waals surface area contributed by atoms with Crippen LogP contribution in [0.5, 0.6) is 0 Å². The SMILES string of the molecule is O=C(Cn1c(-c2cccs2)noc1=O)N1CCC(C(=O)N2CCCC2)CC1. The van der Waals surface area contributed by atoms with E-state index in [-0.39, 0.29) is 24.3 Å². The van der Waals surface area contributed by atoms with E-state index in [9.17, 15) is 14.4 Å². The zero-order valence-corrected chi connectivity index (χ0v) is 15.8. The van der Waals surface area contributed by atoms with Crippen molar-refractivity contribution in [2.24, 2.45) is 5.92 Å². The molecule has 0 unspecified atom stereocenters. The van der Waals surface area contributed by atoms with E-state index in [1.807, 2.05) is 22.4 Å². The number of hydrogen-bond donors (Lipinski definition) is 0. The van der Waals surface area contributed by atoms with Gasteiger partial charge in [-0.05, 0) is 37.1 Å². The Bertz CT molecular complexity index is 858. The van der Waals surface area contributed by atoms with Crippen LogP contribution in [-0.4, -0.2) is 57.5 Å². The van der Waals surface area contributed by atoms with Crippen LogP contribution in [0.4, 0.5) is 0 Å². The van der Waals surface area contributed by atoms with Gasteiger partial charge in [-0.15, -0.1) is 11.3 Å². The van der Waals surface area contributed by atoms with E-state index in [1.165, 1.54) is 15.9 Å². The smallest absolute Gasteiger partial charge is 0.342 e. The van der Waals surface area contributed by atoms with E-state index in [0.29, 0.717) is 31.8 Å². The minimum Gasteiger partial charge on any atom is -0.342 e. The van der Waals surface area contributed by atoms with Gasteiger partial charge in [0.05, 0.1) is 4.88 Å². The molecule has 2 aliphatic heterocycles. The molecular weight excluding hydrogens is 368 g/mol. The van der Waals surface area contributed by atoms with Gasteiger partial charge < -0.3 is 9.80 Å². The first-order valence-corrected chi connectivity index (χ1v) is 10.2. The van der Waals surface area contributed by atoms with E-state index in [2.05, 4.69) is 5.16 Å². The van der Waals surface area contributed by atoms with Crippen molar-refractivity contribution < 1.29 is 14.1 Å². The van der Waals surface area contributed by atoms with Crippen molar-refractivity contribution in [2.45, 2.75) is 32.2 Å². The van der Waals surface area contributed by atoms with Gasteiger partial charge in [0, 0.05) is 32.1 Å². The molecule has 0 radical (unpaired) electrons. The first-order valence-electron chi connectivity index (χ1n) is 9.30. The predicted octanol–water partition coefficient (Wildman–Crippen LogP) is 1.43. The molecule has 0 N–H and O–H groups in total. The fourth-order valence-corrected chi connectivity index (χ4v) is 4.51. The molecule has 8 nitrogen and oxygen atoms in total. The highest BCUT2D eigenvalue weighted by Gasteiger charge is 2.31. The summed E-state index contributed by atoms with van der Waals surface area (Å²) >= 11 is 1.43. The number of carbonyl (C=O) groups is 2. The summed E-state index contributed by atoms with van der Waals surface area (Å²) in [6.45, 7) is 2.70. The zero-order chi connectivity index (χ0) is 18.8. The highest BCUT2D eigenvalue weighted by molar-refractivity contribution is 7.13. The molecule has 4 heterocycles. The van der Waals surface area contributed by atoms with Crippen LogP contribution in [0.2, 0.25) is 0 Å². The largest absolute Gasteiger partial charge is 0.442 e. The molecule has 0 saturated carbocycles. The van der Waals surface area contributed by atoms with Crippen molar-refractivity contribution >= 4 is 23.2 Å². The van der Waals surface area contributed by atoms with Crippen molar-refractivity contribution in [1.82, 2.24) is 19.5 Å². The second-order valence-electron chi connectivity index (χ2n) is 7.02. The summed E-state index contributed by atoms with van der Waals surface area (Å²) in [5.74, 6) is -0.166. The average Bonchev–Trinajstić information content (AvgIpc) is 3.44. The summed E-state index contributed by atoms with van der Waals surface area (Å²) in [5.41, 5.74) is 0. The number of thiophene rings is 1. The molecule has 2 saturated heterocycles. The average molecular weight is 390 g/mol. The fraction of sp³-hybridized carbons (Fsp3) is 0.556. The van der Waals surface area contributed by atoms with E-state index < -0.39 is 5.76 Å². The Labute approximate surface area is 160 Å². The van der Waals surface area contributed by atoms with Crippen LogP contribution in [-0.2, 0) is 16.1 Å². The molecule has 0 bridgehead atoms. The van der Waals surface area contributed by atoms with Crippen molar-refractivity contribution in [2.75, 3.05) is 26.2 Å². The maximum absolute atomic E-state index is 12.7. The number of hydrogen-bond acceptors (Lipinski definition) is 6. The zero-order valence-electron chi connectivity index (χ0n) is 15.0. The lowest BCUT2D eigenvalue weighted by Gasteiger charge is -2.33. The molecule has 0 spiro atoms. The van der Waals surface area contributed by atoms with Crippen molar-refractivity contribution in [3.8, 4) is 10.7 Å². The van der Waals surface area contributed by atoms with Gasteiger partial charge in [0.1, 0.15) is 6.54 Å².